The van der Waals surface area contributed by atoms with Gasteiger partial charge in [-0.2, -0.15) is 0 Å². The summed E-state index contributed by atoms with van der Waals surface area (Å²) in [5.41, 5.74) is 1.59. The molecule has 0 fully saturated rings. The van der Waals surface area contributed by atoms with Crippen molar-refractivity contribution in [2.24, 2.45) is 0 Å². The minimum absolute atomic E-state index is 0.0843. The van der Waals surface area contributed by atoms with Gasteiger partial charge in [-0.15, -0.1) is 22.7 Å². The summed E-state index contributed by atoms with van der Waals surface area (Å²) in [7, 11) is 0. The van der Waals surface area contributed by atoms with Crippen LogP contribution in [0.5, 0.6) is 0 Å². The maximum absolute atomic E-state index is 14.2. The summed E-state index contributed by atoms with van der Waals surface area (Å²) in [4.78, 5) is -0.341. The molecule has 0 radical (unpaired) electrons. The highest BCUT2D eigenvalue weighted by Gasteiger charge is 2.25. The monoisotopic (exact) mass is 356 g/mol. The molecular formula is C17H12F4S2. The molecule has 0 N–H and O–H groups in total. The Morgan fingerprint density at radius 3 is 1.91 bits per heavy atom. The van der Waals surface area contributed by atoms with Gasteiger partial charge in [-0.3, -0.25) is 0 Å². The maximum atomic E-state index is 14.2. The second-order valence-corrected chi connectivity index (χ2v) is 7.29. The second-order valence-electron chi connectivity index (χ2n) is 5.39. The Bertz CT molecular complexity index is 844. The van der Waals surface area contributed by atoms with Crippen molar-refractivity contribution in [2.75, 3.05) is 0 Å². The van der Waals surface area contributed by atoms with E-state index in [4.69, 9.17) is 0 Å². The van der Waals surface area contributed by atoms with Crippen LogP contribution >= 0.6 is 22.7 Å². The lowest BCUT2D eigenvalue weighted by molar-refractivity contribution is 0.511. The number of halogens is 4. The highest BCUT2D eigenvalue weighted by molar-refractivity contribution is 7.23. The first-order valence-corrected chi connectivity index (χ1v) is 8.60. The molecule has 0 spiro atoms. The molecule has 6 heteroatoms. The quantitative estimate of drug-likeness (QED) is 0.452. The molecule has 0 atom stereocenters. The smallest absolute Gasteiger partial charge is 0.179 e. The molecule has 0 aliphatic heterocycles. The lowest BCUT2D eigenvalue weighted by Crippen LogP contribution is -1.87. The topological polar surface area (TPSA) is 0 Å². The molecule has 3 aromatic rings. The van der Waals surface area contributed by atoms with Crippen LogP contribution < -0.4 is 0 Å². The fraction of sp³-hybridized carbons (Fsp3) is 0.176. The molecule has 2 aromatic heterocycles. The number of hydrogen-bond acceptors (Lipinski definition) is 2. The predicted octanol–water partition coefficient (Wildman–Crippen LogP) is 6.82. The predicted molar refractivity (Wildman–Crippen MR) is 87.0 cm³/mol. The summed E-state index contributed by atoms with van der Waals surface area (Å²) in [6.45, 7) is 4.07. The number of thiophene rings is 2. The Kier molecular flexibility index (Phi) is 4.29. The van der Waals surface area contributed by atoms with E-state index in [1.54, 1.807) is 12.1 Å². The Balaban J connectivity index is 2.08. The molecule has 120 valence electrons. The van der Waals surface area contributed by atoms with E-state index in [1.807, 2.05) is 26.0 Å². The molecule has 0 unspecified atom stereocenters. The Morgan fingerprint density at radius 2 is 1.39 bits per heavy atom. The first kappa shape index (κ1) is 16.2. The van der Waals surface area contributed by atoms with Crippen molar-refractivity contribution in [3.63, 3.8) is 0 Å². The Hall–Kier alpha value is -1.66. The van der Waals surface area contributed by atoms with Crippen LogP contribution in [0.3, 0.4) is 0 Å². The highest BCUT2D eigenvalue weighted by atomic mass is 32.1. The van der Waals surface area contributed by atoms with Gasteiger partial charge < -0.3 is 0 Å². The third kappa shape index (κ3) is 2.81. The molecule has 0 saturated carbocycles. The normalized spacial score (nSPS) is 11.4. The summed E-state index contributed by atoms with van der Waals surface area (Å²) < 4.78 is 55.2. The van der Waals surface area contributed by atoms with E-state index in [9.17, 15) is 17.6 Å². The first-order valence-electron chi connectivity index (χ1n) is 6.91. The average Bonchev–Trinajstić information content (AvgIpc) is 3.01. The SMILES string of the molecule is CC(C)c1ccc(-c2sc(-c3scc(F)c3F)c(F)c2F)cc1. The minimum atomic E-state index is -1.14. The van der Waals surface area contributed by atoms with Crippen molar-refractivity contribution in [3.8, 4) is 20.2 Å². The van der Waals surface area contributed by atoms with Crippen molar-refractivity contribution in [1.82, 2.24) is 0 Å². The molecular weight excluding hydrogens is 344 g/mol. The summed E-state index contributed by atoms with van der Waals surface area (Å²) in [5, 5.41) is 0.943. The molecule has 0 aliphatic rings. The summed E-state index contributed by atoms with van der Waals surface area (Å²) in [6.07, 6.45) is 0. The van der Waals surface area contributed by atoms with Gasteiger partial charge in [0, 0.05) is 5.38 Å². The molecule has 0 aliphatic carbocycles. The fourth-order valence-electron chi connectivity index (χ4n) is 2.22. The van der Waals surface area contributed by atoms with E-state index < -0.39 is 23.3 Å². The zero-order chi connectivity index (χ0) is 16.7. The molecule has 0 amide bonds. The molecule has 0 bridgehead atoms. The zero-order valence-corrected chi connectivity index (χ0v) is 13.9. The zero-order valence-electron chi connectivity index (χ0n) is 12.3. The highest BCUT2D eigenvalue weighted by Crippen LogP contribution is 2.43. The molecule has 1 aromatic carbocycles. The van der Waals surface area contributed by atoms with Crippen molar-refractivity contribution in [2.45, 2.75) is 19.8 Å². The van der Waals surface area contributed by atoms with E-state index in [2.05, 4.69) is 0 Å². The summed E-state index contributed by atoms with van der Waals surface area (Å²) in [6, 6.07) is 7.11. The van der Waals surface area contributed by atoms with Crippen LogP contribution in [-0.4, -0.2) is 0 Å². The van der Waals surface area contributed by atoms with Gasteiger partial charge in [0.2, 0.25) is 0 Å². The van der Waals surface area contributed by atoms with Crippen LogP contribution in [0, 0.1) is 23.3 Å². The second kappa shape index (κ2) is 6.09. The molecule has 2 heterocycles. The van der Waals surface area contributed by atoms with Gasteiger partial charge in [-0.25, -0.2) is 17.6 Å². The molecule has 23 heavy (non-hydrogen) atoms. The van der Waals surface area contributed by atoms with Gasteiger partial charge in [0.25, 0.3) is 0 Å². The van der Waals surface area contributed by atoms with Crippen LogP contribution in [0.15, 0.2) is 29.6 Å². The van der Waals surface area contributed by atoms with Gasteiger partial charge >= 0.3 is 0 Å². The lowest BCUT2D eigenvalue weighted by Gasteiger charge is -2.05. The van der Waals surface area contributed by atoms with Gasteiger partial charge in [0.05, 0.1) is 14.6 Å². The molecule has 0 saturated heterocycles. The number of rotatable bonds is 3. The van der Waals surface area contributed by atoms with Crippen LogP contribution in [0.2, 0.25) is 0 Å². The maximum Gasteiger partial charge on any atom is 0.179 e. The van der Waals surface area contributed by atoms with E-state index in [0.717, 1.165) is 33.6 Å². The van der Waals surface area contributed by atoms with Gasteiger partial charge in [0.1, 0.15) is 0 Å². The third-order valence-corrected chi connectivity index (χ3v) is 5.81. The van der Waals surface area contributed by atoms with Crippen molar-refractivity contribution in [1.29, 1.82) is 0 Å². The Labute approximate surface area is 139 Å². The van der Waals surface area contributed by atoms with Crippen molar-refractivity contribution in [3.05, 3.63) is 58.5 Å². The van der Waals surface area contributed by atoms with E-state index >= 15 is 0 Å². The summed E-state index contributed by atoms with van der Waals surface area (Å²) >= 11 is 1.51. The van der Waals surface area contributed by atoms with Crippen LogP contribution in [-0.2, 0) is 0 Å². The van der Waals surface area contributed by atoms with Crippen LogP contribution in [0.25, 0.3) is 20.2 Å². The standard InChI is InChI=1S/C17H12F4S2/c1-8(2)9-3-5-10(6-4-9)15-13(20)14(21)17(23-15)16-12(19)11(18)7-22-16/h3-8H,1-2H3. The van der Waals surface area contributed by atoms with E-state index in [-0.39, 0.29) is 14.6 Å². The van der Waals surface area contributed by atoms with Crippen LogP contribution in [0.1, 0.15) is 25.3 Å². The van der Waals surface area contributed by atoms with Gasteiger partial charge in [-0.05, 0) is 17.0 Å². The minimum Gasteiger partial charge on any atom is -0.203 e. The lowest BCUT2D eigenvalue weighted by atomic mass is 10.0. The average molecular weight is 356 g/mol. The number of benzene rings is 1. The first-order chi connectivity index (χ1) is 10.9. The Morgan fingerprint density at radius 1 is 0.783 bits per heavy atom. The fourth-order valence-corrected chi connectivity index (χ4v) is 4.21. The van der Waals surface area contributed by atoms with E-state index in [0.29, 0.717) is 11.5 Å². The van der Waals surface area contributed by atoms with E-state index in [1.165, 1.54) is 0 Å². The van der Waals surface area contributed by atoms with Crippen molar-refractivity contribution >= 4 is 22.7 Å². The summed E-state index contributed by atoms with van der Waals surface area (Å²) in [5.74, 6) is -4.04. The van der Waals surface area contributed by atoms with Crippen LogP contribution in [0.4, 0.5) is 17.6 Å². The number of hydrogen-bond donors (Lipinski definition) is 0. The van der Waals surface area contributed by atoms with Gasteiger partial charge in [0.15, 0.2) is 23.3 Å². The largest absolute Gasteiger partial charge is 0.203 e. The van der Waals surface area contributed by atoms with Crippen molar-refractivity contribution < 1.29 is 17.6 Å². The molecule has 3 rings (SSSR count). The molecule has 0 nitrogen and oxygen atoms in total. The van der Waals surface area contributed by atoms with Gasteiger partial charge in [-0.1, -0.05) is 38.1 Å². The third-order valence-electron chi connectivity index (χ3n) is 3.53.